The van der Waals surface area contributed by atoms with Crippen LogP contribution in [0.4, 0.5) is 5.69 Å². The van der Waals surface area contributed by atoms with Crippen LogP contribution in [0.3, 0.4) is 0 Å². The van der Waals surface area contributed by atoms with E-state index in [1.807, 2.05) is 18.2 Å². The van der Waals surface area contributed by atoms with E-state index in [0.29, 0.717) is 14.6 Å². The molecule has 5 nitrogen and oxygen atoms in total. The van der Waals surface area contributed by atoms with Crippen LogP contribution in [0.2, 0.25) is 0 Å². The van der Waals surface area contributed by atoms with Gasteiger partial charge in [0, 0.05) is 25.3 Å². The van der Waals surface area contributed by atoms with E-state index in [0.717, 1.165) is 18.7 Å². The fraction of sp³-hybridized carbons (Fsp3) is 0.522. The maximum atomic E-state index is 12.5. The van der Waals surface area contributed by atoms with Gasteiger partial charge in [-0.15, -0.1) is 0 Å². The van der Waals surface area contributed by atoms with Gasteiger partial charge in [0.05, 0.1) is 11.3 Å². The van der Waals surface area contributed by atoms with E-state index in [1.165, 1.54) is 67.3 Å². The van der Waals surface area contributed by atoms with E-state index in [4.69, 9.17) is 17.3 Å². The monoisotopic (exact) mass is 444 g/mol. The van der Waals surface area contributed by atoms with E-state index < -0.39 is 5.97 Å². The number of thiocarbonyl (C=S) groups is 1. The largest absolute Gasteiger partial charge is 0.481 e. The molecule has 1 N–H and O–H groups in total. The van der Waals surface area contributed by atoms with Crippen molar-refractivity contribution in [1.29, 1.82) is 0 Å². The Balaban J connectivity index is 1.37. The number of aliphatic carboxylic acids is 1. The summed E-state index contributed by atoms with van der Waals surface area (Å²) in [4.78, 5) is 27.7. The minimum atomic E-state index is -0.935. The second kappa shape index (κ2) is 9.10. The number of carbonyl (C=O) groups is 2. The molecule has 3 fully saturated rings. The average Bonchev–Trinajstić information content (AvgIpc) is 3.01. The van der Waals surface area contributed by atoms with Crippen molar-refractivity contribution in [2.75, 3.05) is 24.5 Å². The molecule has 2 saturated heterocycles. The van der Waals surface area contributed by atoms with Crippen LogP contribution in [0, 0.1) is 5.41 Å². The van der Waals surface area contributed by atoms with Crippen molar-refractivity contribution in [3.63, 3.8) is 0 Å². The molecule has 7 heteroatoms. The van der Waals surface area contributed by atoms with Crippen LogP contribution < -0.4 is 4.90 Å². The highest BCUT2D eigenvalue weighted by atomic mass is 32.2. The van der Waals surface area contributed by atoms with Gasteiger partial charge in [0.25, 0.3) is 5.91 Å². The van der Waals surface area contributed by atoms with E-state index in [1.54, 1.807) is 0 Å². The molecule has 0 bridgehead atoms. The third kappa shape index (κ3) is 4.72. The van der Waals surface area contributed by atoms with Crippen molar-refractivity contribution >= 4 is 51.9 Å². The number of rotatable bonds is 5. The molecule has 0 unspecified atom stereocenters. The van der Waals surface area contributed by atoms with Crippen molar-refractivity contribution < 1.29 is 14.7 Å². The maximum absolute atomic E-state index is 12.5. The lowest BCUT2D eigenvalue weighted by molar-refractivity contribution is -0.137. The molecule has 2 heterocycles. The predicted octanol–water partition coefficient (Wildman–Crippen LogP) is 4.91. The fourth-order valence-corrected chi connectivity index (χ4v) is 6.18. The summed E-state index contributed by atoms with van der Waals surface area (Å²) in [5, 5.41) is 8.85. The maximum Gasteiger partial charge on any atom is 0.305 e. The molecule has 4 rings (SSSR count). The Kier molecular flexibility index (Phi) is 6.48. The highest BCUT2D eigenvalue weighted by Crippen LogP contribution is 2.45. The van der Waals surface area contributed by atoms with Crippen LogP contribution in [-0.4, -0.2) is 45.8 Å². The van der Waals surface area contributed by atoms with Gasteiger partial charge in [-0.1, -0.05) is 55.4 Å². The van der Waals surface area contributed by atoms with E-state index in [2.05, 4.69) is 17.0 Å². The van der Waals surface area contributed by atoms with Crippen molar-refractivity contribution in [2.24, 2.45) is 5.41 Å². The smallest absolute Gasteiger partial charge is 0.305 e. The van der Waals surface area contributed by atoms with Gasteiger partial charge in [-0.25, -0.2) is 0 Å². The quantitative estimate of drug-likeness (QED) is 0.514. The second-order valence-electron chi connectivity index (χ2n) is 8.62. The summed E-state index contributed by atoms with van der Waals surface area (Å²) in [6.45, 7) is 2.37. The Morgan fingerprint density at radius 3 is 2.40 bits per heavy atom. The Bertz CT molecular complexity index is 850. The number of piperidine rings is 1. The SMILES string of the molecule is O=C(O)CCN1C(=O)C(=Cc2ccc(N3CCC4(CCCCC4)CC3)cc2)SC1=S. The minimum absolute atomic E-state index is 0.106. The Morgan fingerprint density at radius 2 is 1.77 bits per heavy atom. The van der Waals surface area contributed by atoms with Crippen LogP contribution in [0.15, 0.2) is 29.2 Å². The molecule has 1 aromatic carbocycles. The van der Waals surface area contributed by atoms with Gasteiger partial charge in [0.15, 0.2) is 0 Å². The number of carboxylic acid groups (broad SMARTS) is 1. The number of carbonyl (C=O) groups excluding carboxylic acids is 1. The molecule has 3 aliphatic rings. The molecular formula is C23H28N2O3S2. The van der Waals surface area contributed by atoms with Crippen molar-refractivity contribution in [1.82, 2.24) is 4.90 Å². The predicted molar refractivity (Wildman–Crippen MR) is 126 cm³/mol. The van der Waals surface area contributed by atoms with E-state index >= 15 is 0 Å². The number of hydrogen-bond acceptors (Lipinski definition) is 5. The van der Waals surface area contributed by atoms with Crippen LogP contribution >= 0.6 is 24.0 Å². The number of nitrogens with zero attached hydrogens (tertiary/aromatic N) is 2. The standard InChI is InChI=1S/C23H28N2O3S2/c26-20(27)8-13-25-21(28)19(30-22(25)29)16-17-4-6-18(7-5-17)24-14-11-23(12-15-24)9-2-1-3-10-23/h4-7,16H,1-3,8-15H2,(H,26,27). The minimum Gasteiger partial charge on any atom is -0.481 e. The molecule has 1 saturated carbocycles. The van der Waals surface area contributed by atoms with Gasteiger partial charge in [0.2, 0.25) is 0 Å². The molecule has 0 atom stereocenters. The summed E-state index contributed by atoms with van der Waals surface area (Å²) in [7, 11) is 0. The van der Waals surface area contributed by atoms with Crippen LogP contribution in [0.5, 0.6) is 0 Å². The molecule has 1 spiro atoms. The lowest BCUT2D eigenvalue weighted by Gasteiger charge is -2.45. The van der Waals surface area contributed by atoms with Gasteiger partial charge in [-0.2, -0.15) is 0 Å². The van der Waals surface area contributed by atoms with E-state index in [9.17, 15) is 9.59 Å². The Morgan fingerprint density at radius 1 is 1.10 bits per heavy atom. The third-order valence-electron chi connectivity index (χ3n) is 6.72. The molecule has 0 radical (unpaired) electrons. The molecule has 30 heavy (non-hydrogen) atoms. The first-order chi connectivity index (χ1) is 14.5. The highest BCUT2D eigenvalue weighted by Gasteiger charge is 2.35. The number of carboxylic acids is 1. The zero-order chi connectivity index (χ0) is 21.1. The average molecular weight is 445 g/mol. The summed E-state index contributed by atoms with van der Waals surface area (Å²) in [6, 6.07) is 8.36. The lowest BCUT2D eigenvalue weighted by Crippen LogP contribution is -2.41. The molecule has 160 valence electrons. The number of amides is 1. The Hall–Kier alpha value is -1.86. The molecular weight excluding hydrogens is 416 g/mol. The molecule has 1 aliphatic carbocycles. The summed E-state index contributed by atoms with van der Waals surface area (Å²) >= 11 is 6.49. The van der Waals surface area contributed by atoms with Gasteiger partial charge in [-0.05, 0) is 54.9 Å². The van der Waals surface area contributed by atoms with Gasteiger partial charge >= 0.3 is 5.97 Å². The topological polar surface area (TPSA) is 60.9 Å². The lowest BCUT2D eigenvalue weighted by atomic mass is 9.68. The van der Waals surface area contributed by atoms with Crippen molar-refractivity contribution in [3.8, 4) is 0 Å². The third-order valence-corrected chi connectivity index (χ3v) is 8.09. The highest BCUT2D eigenvalue weighted by molar-refractivity contribution is 8.26. The first-order valence-corrected chi connectivity index (χ1v) is 12.0. The number of hydrogen-bond donors (Lipinski definition) is 1. The summed E-state index contributed by atoms with van der Waals surface area (Å²) in [5.41, 5.74) is 2.80. The molecule has 2 aliphatic heterocycles. The summed E-state index contributed by atoms with van der Waals surface area (Å²) in [6.07, 6.45) is 11.4. The molecule has 1 amide bonds. The number of benzene rings is 1. The van der Waals surface area contributed by atoms with Crippen LogP contribution in [0.25, 0.3) is 6.08 Å². The van der Waals surface area contributed by atoms with Crippen molar-refractivity contribution in [2.45, 2.75) is 51.4 Å². The normalized spacial score (nSPS) is 22.9. The molecule has 0 aromatic heterocycles. The number of anilines is 1. The van der Waals surface area contributed by atoms with Crippen LogP contribution in [-0.2, 0) is 9.59 Å². The zero-order valence-electron chi connectivity index (χ0n) is 17.1. The van der Waals surface area contributed by atoms with Gasteiger partial charge < -0.3 is 10.0 Å². The zero-order valence-corrected chi connectivity index (χ0v) is 18.8. The number of thioether (sulfide) groups is 1. The van der Waals surface area contributed by atoms with Crippen molar-refractivity contribution in [3.05, 3.63) is 34.7 Å². The van der Waals surface area contributed by atoms with Crippen LogP contribution in [0.1, 0.15) is 56.9 Å². The second-order valence-corrected chi connectivity index (χ2v) is 10.3. The van der Waals surface area contributed by atoms with E-state index in [-0.39, 0.29) is 18.9 Å². The molecule has 1 aromatic rings. The summed E-state index contributed by atoms with van der Waals surface area (Å²) < 4.78 is 0.425. The Labute approximate surface area is 187 Å². The first-order valence-electron chi connectivity index (χ1n) is 10.8. The first kappa shape index (κ1) is 21.4. The fourth-order valence-electron chi connectivity index (χ4n) is 4.87. The summed E-state index contributed by atoms with van der Waals surface area (Å²) in [5.74, 6) is -1.14. The van der Waals surface area contributed by atoms with Gasteiger partial charge in [0.1, 0.15) is 4.32 Å². The van der Waals surface area contributed by atoms with Gasteiger partial charge in [-0.3, -0.25) is 14.5 Å².